The second-order valence-corrected chi connectivity index (χ2v) is 7.14. The Hall–Kier alpha value is -2.25. The number of hydrogen-bond acceptors (Lipinski definition) is 8. The summed E-state index contributed by atoms with van der Waals surface area (Å²) in [5, 5.41) is 29.5. The quantitative estimate of drug-likeness (QED) is 0.549. The fraction of sp³-hybridized carbons (Fsp3) is 0.611. The molecule has 2 aliphatic rings. The van der Waals surface area contributed by atoms with Gasteiger partial charge in [0.2, 0.25) is 5.82 Å². The predicted octanol–water partition coefficient (Wildman–Crippen LogP) is -0.0482. The molecule has 3 heterocycles. The SMILES string of the molecule is Nc1nc(C#CCC2CCCC2)nc2c1ncn2[C@@H]1O[C@H](CO)[C@@H](O)[C@H]1O. The van der Waals surface area contributed by atoms with Crippen molar-refractivity contribution in [3.63, 3.8) is 0 Å². The number of aliphatic hydroxyl groups is 3. The zero-order valence-corrected chi connectivity index (χ0v) is 14.8. The molecule has 0 amide bonds. The zero-order chi connectivity index (χ0) is 19.0. The fourth-order valence-corrected chi connectivity index (χ4v) is 3.78. The molecule has 4 rings (SSSR count). The average Bonchev–Trinajstić information content (AvgIpc) is 3.37. The van der Waals surface area contributed by atoms with Gasteiger partial charge in [0.25, 0.3) is 0 Å². The summed E-state index contributed by atoms with van der Waals surface area (Å²) in [6.45, 7) is -0.406. The van der Waals surface area contributed by atoms with Crippen LogP contribution in [0.5, 0.6) is 0 Å². The molecule has 0 unspecified atom stereocenters. The minimum Gasteiger partial charge on any atom is -0.394 e. The van der Waals surface area contributed by atoms with Crippen LogP contribution in [0, 0.1) is 17.8 Å². The number of aromatic nitrogens is 4. The second kappa shape index (κ2) is 7.40. The highest BCUT2D eigenvalue weighted by Gasteiger charge is 2.44. The van der Waals surface area contributed by atoms with Gasteiger partial charge in [0.05, 0.1) is 12.9 Å². The first kappa shape index (κ1) is 18.1. The van der Waals surface area contributed by atoms with Gasteiger partial charge in [-0.05, 0) is 24.7 Å². The van der Waals surface area contributed by atoms with Crippen molar-refractivity contribution in [2.75, 3.05) is 12.3 Å². The molecule has 0 bridgehead atoms. The number of ether oxygens (including phenoxy) is 1. The summed E-state index contributed by atoms with van der Waals surface area (Å²) < 4.78 is 7.04. The van der Waals surface area contributed by atoms with E-state index >= 15 is 0 Å². The summed E-state index contributed by atoms with van der Waals surface area (Å²) in [6, 6.07) is 0. The lowest BCUT2D eigenvalue weighted by Crippen LogP contribution is -2.33. The van der Waals surface area contributed by atoms with E-state index in [4.69, 9.17) is 10.5 Å². The molecule has 0 radical (unpaired) electrons. The summed E-state index contributed by atoms with van der Waals surface area (Å²) in [5.74, 6) is 7.22. The van der Waals surface area contributed by atoms with Crippen LogP contribution in [0.3, 0.4) is 0 Å². The maximum Gasteiger partial charge on any atom is 0.208 e. The van der Waals surface area contributed by atoms with Gasteiger partial charge >= 0.3 is 0 Å². The first-order chi connectivity index (χ1) is 13.1. The molecule has 0 aromatic carbocycles. The van der Waals surface area contributed by atoms with Crippen LogP contribution in [0.4, 0.5) is 5.82 Å². The third kappa shape index (κ3) is 3.37. The van der Waals surface area contributed by atoms with Crippen LogP contribution in [0.25, 0.3) is 11.2 Å². The van der Waals surface area contributed by atoms with Gasteiger partial charge < -0.3 is 25.8 Å². The molecule has 1 saturated carbocycles. The molecule has 1 saturated heterocycles. The minimum atomic E-state index is -1.23. The fourth-order valence-electron chi connectivity index (χ4n) is 3.78. The Morgan fingerprint density at radius 3 is 2.70 bits per heavy atom. The molecule has 1 aliphatic carbocycles. The summed E-state index contributed by atoms with van der Waals surface area (Å²) in [7, 11) is 0. The van der Waals surface area contributed by atoms with Crippen LogP contribution < -0.4 is 5.73 Å². The van der Waals surface area contributed by atoms with Crippen molar-refractivity contribution in [2.24, 2.45) is 5.92 Å². The molecule has 0 spiro atoms. The van der Waals surface area contributed by atoms with E-state index in [1.165, 1.54) is 36.6 Å². The van der Waals surface area contributed by atoms with E-state index in [0.717, 1.165) is 6.42 Å². The summed E-state index contributed by atoms with van der Waals surface area (Å²) in [6.07, 6.45) is 2.96. The Labute approximate surface area is 156 Å². The van der Waals surface area contributed by atoms with Gasteiger partial charge in [-0.1, -0.05) is 18.8 Å². The Morgan fingerprint density at radius 1 is 1.22 bits per heavy atom. The normalized spacial score (nSPS) is 28.6. The van der Waals surface area contributed by atoms with Crippen LogP contribution >= 0.6 is 0 Å². The topological polar surface area (TPSA) is 140 Å². The molecule has 144 valence electrons. The lowest BCUT2D eigenvalue weighted by Gasteiger charge is -2.16. The van der Waals surface area contributed by atoms with Crippen molar-refractivity contribution in [1.29, 1.82) is 0 Å². The Morgan fingerprint density at radius 2 is 2.00 bits per heavy atom. The van der Waals surface area contributed by atoms with E-state index in [1.807, 2.05) is 0 Å². The van der Waals surface area contributed by atoms with Gasteiger partial charge in [-0.15, -0.1) is 0 Å². The smallest absolute Gasteiger partial charge is 0.208 e. The maximum absolute atomic E-state index is 10.3. The number of rotatable bonds is 3. The zero-order valence-electron chi connectivity index (χ0n) is 14.8. The Balaban J connectivity index is 1.63. The number of aliphatic hydroxyl groups excluding tert-OH is 3. The minimum absolute atomic E-state index is 0.190. The van der Waals surface area contributed by atoms with Gasteiger partial charge in [-0.2, -0.15) is 0 Å². The van der Waals surface area contributed by atoms with Crippen molar-refractivity contribution >= 4 is 17.0 Å². The molecule has 2 aromatic heterocycles. The third-order valence-electron chi connectivity index (χ3n) is 5.31. The van der Waals surface area contributed by atoms with Crippen LogP contribution in [0.15, 0.2) is 6.33 Å². The van der Waals surface area contributed by atoms with Crippen LogP contribution in [0.1, 0.15) is 44.2 Å². The van der Waals surface area contributed by atoms with E-state index in [9.17, 15) is 15.3 Å². The molecule has 5 N–H and O–H groups in total. The van der Waals surface area contributed by atoms with E-state index in [2.05, 4.69) is 26.8 Å². The molecular weight excluding hydrogens is 350 g/mol. The van der Waals surface area contributed by atoms with Gasteiger partial charge in [0.15, 0.2) is 17.7 Å². The van der Waals surface area contributed by atoms with Crippen LogP contribution in [-0.4, -0.2) is 59.8 Å². The first-order valence-corrected chi connectivity index (χ1v) is 9.20. The van der Waals surface area contributed by atoms with Gasteiger partial charge in [0, 0.05) is 6.42 Å². The first-order valence-electron chi connectivity index (χ1n) is 9.20. The van der Waals surface area contributed by atoms with Crippen molar-refractivity contribution in [3.05, 3.63) is 12.2 Å². The number of anilines is 1. The average molecular weight is 373 g/mol. The monoisotopic (exact) mass is 373 g/mol. The highest BCUT2D eigenvalue weighted by Crippen LogP contribution is 2.32. The van der Waals surface area contributed by atoms with Crippen LogP contribution in [-0.2, 0) is 4.74 Å². The summed E-state index contributed by atoms with van der Waals surface area (Å²) >= 11 is 0. The Bertz CT molecular complexity index is 883. The lowest BCUT2D eigenvalue weighted by atomic mass is 10.1. The summed E-state index contributed by atoms with van der Waals surface area (Å²) in [5.41, 5.74) is 6.72. The Kier molecular flexibility index (Phi) is 4.97. The molecule has 9 nitrogen and oxygen atoms in total. The van der Waals surface area contributed by atoms with Crippen molar-refractivity contribution < 1.29 is 20.1 Å². The van der Waals surface area contributed by atoms with Crippen LogP contribution in [0.2, 0.25) is 0 Å². The number of nitrogen functional groups attached to an aromatic ring is 1. The molecule has 2 aromatic rings. The summed E-state index contributed by atoms with van der Waals surface area (Å²) in [4.78, 5) is 12.8. The highest BCUT2D eigenvalue weighted by molar-refractivity contribution is 5.82. The largest absolute Gasteiger partial charge is 0.394 e. The van der Waals surface area contributed by atoms with E-state index in [1.54, 1.807) is 0 Å². The molecule has 1 aliphatic heterocycles. The standard InChI is InChI=1S/C18H23N5O4/c19-16-13-17(22-12(21-16)7-3-6-10-4-1-2-5-10)23(9-20-13)18-15(26)14(25)11(8-24)27-18/h9-11,14-15,18,24-26H,1-2,4-6,8H2,(H2,19,21,22)/t11-,14-,15-,18-/m1/s1. The third-order valence-corrected chi connectivity index (χ3v) is 5.31. The number of nitrogens with zero attached hydrogens (tertiary/aromatic N) is 4. The van der Waals surface area contributed by atoms with E-state index < -0.39 is 31.1 Å². The molecule has 27 heavy (non-hydrogen) atoms. The highest BCUT2D eigenvalue weighted by atomic mass is 16.6. The number of hydrogen-bond donors (Lipinski definition) is 4. The van der Waals surface area contributed by atoms with Gasteiger partial charge in [-0.25, -0.2) is 15.0 Å². The number of fused-ring (bicyclic) bond motifs is 1. The molecule has 4 atom stereocenters. The van der Waals surface area contributed by atoms with Crippen molar-refractivity contribution in [2.45, 2.75) is 56.6 Å². The van der Waals surface area contributed by atoms with Crippen molar-refractivity contribution in [3.8, 4) is 11.8 Å². The second-order valence-electron chi connectivity index (χ2n) is 7.14. The lowest BCUT2D eigenvalue weighted by molar-refractivity contribution is -0.0511. The van der Waals surface area contributed by atoms with Gasteiger partial charge in [-0.3, -0.25) is 4.57 Å². The number of imidazole rings is 1. The molecule has 9 heteroatoms. The van der Waals surface area contributed by atoms with E-state index in [0.29, 0.717) is 17.1 Å². The molecular formula is C18H23N5O4. The maximum atomic E-state index is 10.3. The van der Waals surface area contributed by atoms with E-state index in [-0.39, 0.29) is 11.6 Å². The number of nitrogens with two attached hydrogens (primary N) is 1. The van der Waals surface area contributed by atoms with Crippen molar-refractivity contribution in [1.82, 2.24) is 19.5 Å². The van der Waals surface area contributed by atoms with Gasteiger partial charge in [0.1, 0.15) is 23.8 Å². The predicted molar refractivity (Wildman–Crippen MR) is 96.2 cm³/mol. The molecule has 2 fully saturated rings.